The molecule has 452 valence electrons. The molecule has 0 radical (unpaired) electrons. The summed E-state index contributed by atoms with van der Waals surface area (Å²) in [4.78, 5) is 25.4. The fraction of sp³-hybridized carbons (Fsp3) is 0.891. The number of hydrogen-bond acceptors (Lipinski definition) is 6. The number of carbonyl (C=O) groups is 2. The molecule has 8 atom stereocenters. The minimum atomic E-state index is -5.90. The summed E-state index contributed by atoms with van der Waals surface area (Å²) in [7, 11) is -5.10. The molecule has 4 rings (SSSR count). The standard InChI is InChI=1S/C30H52F6O3Si2.C24H36F6O3.CH2Cl2/c1-25(2,38-40(5,6)7)17-12-18-26(3,24-16-15-22-23(37)14-11-20-27(22,24)4)19-13-21-28(29(31,32)33,30(34,35)36)39-41(8,9)10;1-19(2,32)11-6-12-20(3,13-7-15-22(33,23(25,26)27)24(28,29)30)18-10-9-16-17(31)8-5-14-21(16,18)4;2-1-3/h13,21-22,24H,11-12,14-20H2,1-10H3;7,15-16,18,32-33H,5-6,8-14H2,1-4H3;1H2/b21-13-;15-7-;/t22?,24?,26?,27-;16?,18?,20?,21-;/m00./s1. The van der Waals surface area contributed by atoms with E-state index in [-0.39, 0.29) is 76.4 Å². The van der Waals surface area contributed by atoms with E-state index in [2.05, 4.69) is 26.6 Å². The summed E-state index contributed by atoms with van der Waals surface area (Å²) in [5, 5.41) is 19.8. The summed E-state index contributed by atoms with van der Waals surface area (Å²) in [5.41, 5.74) is -12.6. The molecule has 2 N–H and O–H groups in total. The van der Waals surface area contributed by atoms with Crippen molar-refractivity contribution in [3.63, 3.8) is 0 Å². The molecule has 0 amide bonds. The quantitative estimate of drug-likeness (QED) is 0.0546. The van der Waals surface area contributed by atoms with Gasteiger partial charge in [0.25, 0.3) is 11.2 Å². The molecule has 0 aliphatic heterocycles. The lowest BCUT2D eigenvalue weighted by Crippen LogP contribution is -2.61. The molecular weight excluding hydrogens is 1110 g/mol. The second-order valence-corrected chi connectivity index (χ2v) is 36.5. The Balaban J connectivity index is 0.000000511. The third-order valence-electron chi connectivity index (χ3n) is 17.1. The first-order chi connectivity index (χ1) is 34.4. The van der Waals surface area contributed by atoms with Gasteiger partial charge in [-0.25, -0.2) is 0 Å². The zero-order chi connectivity index (χ0) is 60.1. The van der Waals surface area contributed by atoms with Gasteiger partial charge in [0.1, 0.15) is 11.6 Å². The van der Waals surface area contributed by atoms with Gasteiger partial charge in [0, 0.05) is 24.7 Å². The van der Waals surface area contributed by atoms with Crippen molar-refractivity contribution >= 4 is 51.4 Å². The van der Waals surface area contributed by atoms with Crippen LogP contribution >= 0.6 is 23.2 Å². The maximum absolute atomic E-state index is 14.2. The molecule has 6 nitrogen and oxygen atoms in total. The van der Waals surface area contributed by atoms with E-state index >= 15 is 0 Å². The van der Waals surface area contributed by atoms with Crippen molar-refractivity contribution in [3.8, 4) is 0 Å². The van der Waals surface area contributed by atoms with Crippen molar-refractivity contribution < 1.29 is 81.3 Å². The number of rotatable bonds is 20. The molecule has 0 aromatic rings. The van der Waals surface area contributed by atoms with Crippen LogP contribution in [-0.4, -0.2) is 90.9 Å². The van der Waals surface area contributed by atoms with Gasteiger partial charge in [-0.3, -0.25) is 9.59 Å². The SMILES string of the molecule is CC(C)(CCCC(C)(C/C=C\C(O[Si](C)(C)C)(C(F)(F)F)C(F)(F)F)C1CCC2C(=O)CCC[C@@]21C)O[Si](C)(C)C.CC(C)(O)CCCC(C)(C/C=C\C(O)(C(F)(F)F)C(F)(F)F)C1CCC2C(=O)CCC[C@@]21C.ClCCl. The van der Waals surface area contributed by atoms with Crippen LogP contribution < -0.4 is 0 Å². The predicted octanol–water partition coefficient (Wildman–Crippen LogP) is 18.2. The normalized spacial score (nSPS) is 27.1. The first-order valence-electron chi connectivity index (χ1n) is 27.0. The zero-order valence-corrected chi connectivity index (χ0v) is 51.4. The highest BCUT2D eigenvalue weighted by atomic mass is 35.5. The summed E-state index contributed by atoms with van der Waals surface area (Å²) in [5.74, 6) is 0.103. The molecule has 0 spiro atoms. The number of halogens is 14. The average Bonchev–Trinajstić information content (AvgIpc) is 3.76. The van der Waals surface area contributed by atoms with E-state index in [4.69, 9.17) is 32.1 Å². The van der Waals surface area contributed by atoms with Crippen molar-refractivity contribution in [3.05, 3.63) is 24.3 Å². The summed E-state index contributed by atoms with van der Waals surface area (Å²) < 4.78 is 175. The Hall–Kier alpha value is -1.17. The van der Waals surface area contributed by atoms with Crippen LogP contribution in [0, 0.1) is 45.3 Å². The highest BCUT2D eigenvalue weighted by molar-refractivity contribution is 6.70. The van der Waals surface area contributed by atoms with Crippen LogP contribution in [0.25, 0.3) is 0 Å². The zero-order valence-electron chi connectivity index (χ0n) is 47.9. The number of Topliss-reactive ketones (excluding diaryl/α,β-unsaturated/α-hetero) is 2. The monoisotopic (exact) mass is 1200 g/mol. The fourth-order valence-electron chi connectivity index (χ4n) is 14.0. The van der Waals surface area contributed by atoms with Crippen LogP contribution in [0.2, 0.25) is 39.3 Å². The predicted molar refractivity (Wildman–Crippen MR) is 286 cm³/mol. The van der Waals surface area contributed by atoms with Crippen molar-refractivity contribution in [2.45, 2.75) is 257 Å². The van der Waals surface area contributed by atoms with Crippen LogP contribution in [0.15, 0.2) is 24.3 Å². The molecule has 0 saturated heterocycles. The Morgan fingerprint density at radius 1 is 0.558 bits per heavy atom. The molecule has 0 bridgehead atoms. The minimum Gasteiger partial charge on any atom is -0.413 e. The van der Waals surface area contributed by atoms with Gasteiger partial charge in [0.2, 0.25) is 0 Å². The molecule has 77 heavy (non-hydrogen) atoms. The van der Waals surface area contributed by atoms with Crippen LogP contribution in [0.3, 0.4) is 0 Å². The van der Waals surface area contributed by atoms with E-state index in [9.17, 15) is 72.5 Å². The Morgan fingerprint density at radius 2 is 0.909 bits per heavy atom. The highest BCUT2D eigenvalue weighted by Gasteiger charge is 2.72. The summed E-state index contributed by atoms with van der Waals surface area (Å²) in [6.45, 7) is 25.6. The van der Waals surface area contributed by atoms with Gasteiger partial charge in [0.15, 0.2) is 16.6 Å². The molecule has 0 heterocycles. The van der Waals surface area contributed by atoms with E-state index in [0.29, 0.717) is 57.8 Å². The molecule has 4 aliphatic carbocycles. The third kappa shape index (κ3) is 18.4. The minimum absolute atomic E-state index is 0.000922. The van der Waals surface area contributed by atoms with Crippen molar-refractivity contribution in [1.29, 1.82) is 0 Å². The van der Waals surface area contributed by atoms with Gasteiger partial charge in [-0.15, -0.1) is 23.2 Å². The van der Waals surface area contributed by atoms with Gasteiger partial charge in [-0.2, -0.15) is 52.7 Å². The van der Waals surface area contributed by atoms with Crippen LogP contribution in [0.1, 0.15) is 171 Å². The Kier molecular flexibility index (Phi) is 24.1. The van der Waals surface area contributed by atoms with Crippen LogP contribution in [0.4, 0.5) is 52.7 Å². The van der Waals surface area contributed by atoms with Crippen molar-refractivity contribution in [2.75, 3.05) is 5.34 Å². The summed E-state index contributed by atoms with van der Waals surface area (Å²) >= 11 is 9.53. The molecule has 22 heteroatoms. The Bertz CT molecular complexity index is 1960. The molecule has 4 saturated carbocycles. The number of carbonyl (C=O) groups excluding carboxylic acids is 2. The highest BCUT2D eigenvalue weighted by Crippen LogP contribution is 2.64. The van der Waals surface area contributed by atoms with E-state index in [1.54, 1.807) is 13.8 Å². The van der Waals surface area contributed by atoms with Gasteiger partial charge in [-0.05, 0) is 203 Å². The number of aliphatic hydroxyl groups is 2. The van der Waals surface area contributed by atoms with Crippen LogP contribution in [-0.2, 0) is 18.4 Å². The fourth-order valence-corrected chi connectivity index (χ4v) is 17.1. The maximum Gasteiger partial charge on any atom is 0.429 e. The molecule has 4 fully saturated rings. The smallest absolute Gasteiger partial charge is 0.413 e. The van der Waals surface area contributed by atoms with Crippen molar-refractivity contribution in [2.24, 2.45) is 45.3 Å². The second kappa shape index (κ2) is 25.8. The topological polar surface area (TPSA) is 93.1 Å². The van der Waals surface area contributed by atoms with Gasteiger partial charge >= 0.3 is 24.7 Å². The first-order valence-corrected chi connectivity index (χ1v) is 34.9. The van der Waals surface area contributed by atoms with Gasteiger partial charge in [0.05, 0.1) is 16.5 Å². The molecular formula is C55H90Cl2F12O6Si2. The number of hydrogen-bond donors (Lipinski definition) is 2. The van der Waals surface area contributed by atoms with E-state index < -0.39 is 74.6 Å². The summed E-state index contributed by atoms with van der Waals surface area (Å²) in [6, 6.07) is 0. The summed E-state index contributed by atoms with van der Waals surface area (Å²) in [6.07, 6.45) is -10.9. The number of alkyl halides is 14. The Labute approximate surface area is 463 Å². The third-order valence-corrected chi connectivity index (χ3v) is 19.2. The van der Waals surface area contributed by atoms with Gasteiger partial charge < -0.3 is 19.1 Å². The molecule has 6 unspecified atom stereocenters. The second-order valence-electron chi connectivity index (χ2n) is 26.8. The first kappa shape index (κ1) is 71.9. The van der Waals surface area contributed by atoms with E-state index in [1.807, 2.05) is 34.6 Å². The Morgan fingerprint density at radius 3 is 1.23 bits per heavy atom. The lowest BCUT2D eigenvalue weighted by atomic mass is 9.56. The van der Waals surface area contributed by atoms with Gasteiger partial charge in [-0.1, -0.05) is 52.7 Å². The largest absolute Gasteiger partial charge is 0.429 e. The number of allylic oxidation sites excluding steroid dienone is 2. The lowest BCUT2D eigenvalue weighted by molar-refractivity contribution is -0.347. The van der Waals surface area contributed by atoms with Crippen LogP contribution in [0.5, 0.6) is 0 Å². The lowest BCUT2D eigenvalue weighted by Gasteiger charge is -2.48. The molecule has 0 aromatic carbocycles. The number of ketones is 2. The average molecular weight is 1200 g/mol. The number of fused-ring (bicyclic) bond motifs is 2. The molecule has 0 aromatic heterocycles. The molecule has 4 aliphatic rings. The van der Waals surface area contributed by atoms with E-state index in [0.717, 1.165) is 57.1 Å². The maximum atomic E-state index is 14.2. The van der Waals surface area contributed by atoms with Crippen molar-refractivity contribution in [1.82, 2.24) is 0 Å². The van der Waals surface area contributed by atoms with E-state index in [1.165, 1.54) is 19.6 Å².